The van der Waals surface area contributed by atoms with Crippen LogP contribution in [-0.2, 0) is 4.79 Å². The van der Waals surface area contributed by atoms with E-state index >= 15 is 0 Å². The quantitative estimate of drug-likeness (QED) is 0.372. The summed E-state index contributed by atoms with van der Waals surface area (Å²) in [5.74, 6) is -0.153. The van der Waals surface area contributed by atoms with Gasteiger partial charge in [0.1, 0.15) is 0 Å². The second kappa shape index (κ2) is 8.80. The normalized spacial score (nSPS) is 11.7. The van der Waals surface area contributed by atoms with Crippen LogP contribution in [0.3, 0.4) is 0 Å². The lowest BCUT2D eigenvalue weighted by Crippen LogP contribution is -2.22. The monoisotopic (exact) mass is 391 g/mol. The summed E-state index contributed by atoms with van der Waals surface area (Å²) in [5, 5.41) is 3.05. The molecule has 28 heavy (non-hydrogen) atoms. The molecular weight excluding hydrogens is 370 g/mol. The fraction of sp³-hybridized carbons (Fsp3) is 0.182. The lowest BCUT2D eigenvalue weighted by molar-refractivity contribution is -0.115. The van der Waals surface area contributed by atoms with Crippen LogP contribution < -0.4 is 5.32 Å². The second-order valence-electron chi connectivity index (χ2n) is 6.43. The molecule has 3 rings (SSSR count). The summed E-state index contributed by atoms with van der Waals surface area (Å²) >= 11 is 1.31. The Hall–Kier alpha value is -2.99. The Morgan fingerprint density at radius 1 is 1.00 bits per heavy atom. The highest BCUT2D eigenvalue weighted by atomic mass is 32.2. The molecule has 1 amide bonds. The first-order valence-electron chi connectivity index (χ1n) is 8.92. The Bertz CT molecular complexity index is 988. The van der Waals surface area contributed by atoms with Gasteiger partial charge in [-0.15, -0.1) is 0 Å². The number of benzene rings is 2. The van der Waals surface area contributed by atoms with E-state index in [2.05, 4.69) is 15.3 Å². The molecule has 1 atom stereocenters. The molecule has 1 N–H and O–H groups in total. The highest BCUT2D eigenvalue weighted by Crippen LogP contribution is 2.25. The summed E-state index contributed by atoms with van der Waals surface area (Å²) in [4.78, 5) is 32.9. The molecule has 1 aromatic heterocycles. The molecule has 0 saturated carbocycles. The van der Waals surface area contributed by atoms with Crippen LogP contribution in [0.5, 0.6) is 0 Å². The van der Waals surface area contributed by atoms with E-state index in [4.69, 9.17) is 0 Å². The van der Waals surface area contributed by atoms with Crippen molar-refractivity contribution in [2.24, 2.45) is 0 Å². The minimum atomic E-state index is -0.377. The van der Waals surface area contributed by atoms with Gasteiger partial charge in [-0.1, -0.05) is 42.1 Å². The first kappa shape index (κ1) is 19.8. The van der Waals surface area contributed by atoms with Crippen molar-refractivity contribution in [3.8, 4) is 11.3 Å². The number of rotatable bonds is 6. The van der Waals surface area contributed by atoms with Gasteiger partial charge >= 0.3 is 0 Å². The highest BCUT2D eigenvalue weighted by Gasteiger charge is 2.17. The maximum atomic E-state index is 12.5. The van der Waals surface area contributed by atoms with Gasteiger partial charge in [0.15, 0.2) is 10.9 Å². The van der Waals surface area contributed by atoms with Gasteiger partial charge in [0.05, 0.1) is 10.9 Å². The van der Waals surface area contributed by atoms with E-state index in [0.29, 0.717) is 16.4 Å². The van der Waals surface area contributed by atoms with E-state index in [9.17, 15) is 9.59 Å². The number of aryl methyl sites for hydroxylation is 1. The number of nitrogens with one attached hydrogen (secondary N) is 1. The molecule has 0 aliphatic heterocycles. The molecule has 0 unspecified atom stereocenters. The van der Waals surface area contributed by atoms with Crippen molar-refractivity contribution in [2.75, 3.05) is 5.32 Å². The van der Waals surface area contributed by atoms with Gasteiger partial charge in [-0.05, 0) is 51.1 Å². The van der Waals surface area contributed by atoms with Crippen molar-refractivity contribution in [2.45, 2.75) is 31.2 Å². The van der Waals surface area contributed by atoms with Crippen LogP contribution in [-0.4, -0.2) is 26.9 Å². The highest BCUT2D eigenvalue weighted by molar-refractivity contribution is 8.00. The van der Waals surface area contributed by atoms with Crippen LogP contribution >= 0.6 is 11.8 Å². The molecule has 6 heteroatoms. The SMILES string of the molecule is CC(=O)c1ccc(NC(=O)[C@@H](C)Sc2nc(C)cc(-c3ccccc3)n2)cc1. The third-order valence-electron chi connectivity index (χ3n) is 4.11. The number of hydrogen-bond donors (Lipinski definition) is 1. The van der Waals surface area contributed by atoms with E-state index < -0.39 is 0 Å². The molecule has 0 spiro atoms. The minimum Gasteiger partial charge on any atom is -0.325 e. The fourth-order valence-electron chi connectivity index (χ4n) is 2.59. The predicted octanol–water partition coefficient (Wildman–Crippen LogP) is 4.77. The Labute approximate surface area is 168 Å². The second-order valence-corrected chi connectivity index (χ2v) is 7.73. The zero-order chi connectivity index (χ0) is 20.1. The molecule has 0 aliphatic carbocycles. The van der Waals surface area contributed by atoms with E-state index in [-0.39, 0.29) is 16.9 Å². The number of hydrogen-bond acceptors (Lipinski definition) is 5. The zero-order valence-corrected chi connectivity index (χ0v) is 16.8. The maximum Gasteiger partial charge on any atom is 0.237 e. The predicted molar refractivity (Wildman–Crippen MR) is 113 cm³/mol. The molecule has 3 aromatic rings. The van der Waals surface area contributed by atoms with Gasteiger partial charge in [0, 0.05) is 22.5 Å². The summed E-state index contributed by atoms with van der Waals surface area (Å²) in [6, 6.07) is 18.7. The summed E-state index contributed by atoms with van der Waals surface area (Å²) in [5.41, 5.74) is 3.96. The van der Waals surface area contributed by atoms with Gasteiger partial charge in [-0.25, -0.2) is 9.97 Å². The van der Waals surface area contributed by atoms with Crippen LogP contribution in [0, 0.1) is 6.92 Å². The van der Waals surface area contributed by atoms with Crippen LogP contribution in [0.2, 0.25) is 0 Å². The fourth-order valence-corrected chi connectivity index (χ4v) is 3.42. The van der Waals surface area contributed by atoms with Gasteiger partial charge in [-0.2, -0.15) is 0 Å². The molecule has 2 aromatic carbocycles. The maximum absolute atomic E-state index is 12.5. The number of carbonyl (C=O) groups excluding carboxylic acids is 2. The molecule has 0 fully saturated rings. The van der Waals surface area contributed by atoms with Gasteiger partial charge in [-0.3, -0.25) is 9.59 Å². The summed E-state index contributed by atoms with van der Waals surface area (Å²) < 4.78 is 0. The van der Waals surface area contributed by atoms with Crippen LogP contribution in [0.25, 0.3) is 11.3 Å². The first-order chi connectivity index (χ1) is 13.4. The van der Waals surface area contributed by atoms with Crippen molar-refractivity contribution in [3.63, 3.8) is 0 Å². The Morgan fingerprint density at radius 3 is 2.32 bits per heavy atom. The van der Waals surface area contributed by atoms with Gasteiger partial charge in [0.25, 0.3) is 0 Å². The number of carbonyl (C=O) groups is 2. The lowest BCUT2D eigenvalue weighted by atomic mass is 10.1. The molecule has 142 valence electrons. The Balaban J connectivity index is 1.70. The number of anilines is 1. The largest absolute Gasteiger partial charge is 0.325 e. The number of thioether (sulfide) groups is 1. The van der Waals surface area contributed by atoms with Crippen LogP contribution in [0.15, 0.2) is 65.8 Å². The van der Waals surface area contributed by atoms with Gasteiger partial charge < -0.3 is 5.32 Å². The Morgan fingerprint density at radius 2 is 1.68 bits per heavy atom. The van der Waals surface area contributed by atoms with Crippen LogP contribution in [0.1, 0.15) is 29.9 Å². The summed E-state index contributed by atoms with van der Waals surface area (Å²) in [6.07, 6.45) is 0. The van der Waals surface area contributed by atoms with E-state index in [1.54, 1.807) is 24.3 Å². The number of aromatic nitrogens is 2. The third kappa shape index (κ3) is 5.04. The topological polar surface area (TPSA) is 72.0 Å². The number of amides is 1. The van der Waals surface area contributed by atoms with Crippen molar-refractivity contribution >= 4 is 29.1 Å². The molecule has 1 heterocycles. The zero-order valence-electron chi connectivity index (χ0n) is 16.0. The molecular formula is C22H21N3O2S. The molecule has 5 nitrogen and oxygen atoms in total. The van der Waals surface area contributed by atoms with E-state index in [1.165, 1.54) is 18.7 Å². The van der Waals surface area contributed by atoms with Crippen molar-refractivity contribution < 1.29 is 9.59 Å². The molecule has 0 bridgehead atoms. The number of ketones is 1. The summed E-state index contributed by atoms with van der Waals surface area (Å²) in [7, 11) is 0. The minimum absolute atomic E-state index is 0.00684. The number of nitrogens with zero attached hydrogens (tertiary/aromatic N) is 2. The van der Waals surface area contributed by atoms with Crippen molar-refractivity contribution in [1.29, 1.82) is 0 Å². The van der Waals surface area contributed by atoms with Crippen molar-refractivity contribution in [3.05, 3.63) is 71.9 Å². The summed E-state index contributed by atoms with van der Waals surface area (Å²) in [6.45, 7) is 5.25. The third-order valence-corrected chi connectivity index (χ3v) is 5.07. The molecule has 0 radical (unpaired) electrons. The van der Waals surface area contributed by atoms with E-state index in [0.717, 1.165) is 17.0 Å². The lowest BCUT2D eigenvalue weighted by Gasteiger charge is -2.12. The average molecular weight is 391 g/mol. The standard InChI is InChI=1S/C22H21N3O2S/c1-14-13-20(18-7-5-4-6-8-18)25-22(23-14)28-16(3)21(27)24-19-11-9-17(10-12-19)15(2)26/h4-13,16H,1-3H3,(H,24,27)/t16-/m1/s1. The smallest absolute Gasteiger partial charge is 0.237 e. The van der Waals surface area contributed by atoms with E-state index in [1.807, 2.05) is 50.2 Å². The first-order valence-corrected chi connectivity index (χ1v) is 9.80. The number of Topliss-reactive ketones (excluding diaryl/α,β-unsaturated/α-hetero) is 1. The van der Waals surface area contributed by atoms with Crippen molar-refractivity contribution in [1.82, 2.24) is 9.97 Å². The molecule has 0 saturated heterocycles. The molecule has 0 aliphatic rings. The average Bonchev–Trinajstić information content (AvgIpc) is 2.68. The van der Waals surface area contributed by atoms with Gasteiger partial charge in [0.2, 0.25) is 5.91 Å². The Kier molecular flexibility index (Phi) is 6.21. The van der Waals surface area contributed by atoms with Crippen LogP contribution in [0.4, 0.5) is 5.69 Å².